The molecule has 1 aromatic carbocycles. The minimum Gasteiger partial charge on any atom is -0.478 e. The van der Waals surface area contributed by atoms with Crippen LogP contribution >= 0.6 is 27.5 Å². The Morgan fingerprint density at radius 3 is 2.58 bits per heavy atom. The van der Waals surface area contributed by atoms with Crippen molar-refractivity contribution in [2.24, 2.45) is 0 Å². The van der Waals surface area contributed by atoms with Crippen molar-refractivity contribution in [3.63, 3.8) is 0 Å². The highest BCUT2D eigenvalue weighted by Gasteiger charge is 2.13. The van der Waals surface area contributed by atoms with E-state index in [0.717, 1.165) is 0 Å². The molecule has 0 spiro atoms. The fraction of sp³-hybridized carbons (Fsp3) is 0.125. The smallest absolute Gasteiger partial charge is 0.337 e. The van der Waals surface area contributed by atoms with Gasteiger partial charge in [0.2, 0.25) is 0 Å². The van der Waals surface area contributed by atoms with E-state index < -0.39 is 5.97 Å². The summed E-state index contributed by atoms with van der Waals surface area (Å²) in [7, 11) is 0. The second-order valence-electron chi connectivity index (χ2n) is 2.36. The van der Waals surface area contributed by atoms with Crippen LogP contribution in [-0.4, -0.2) is 11.1 Å². The van der Waals surface area contributed by atoms with Gasteiger partial charge in [-0.1, -0.05) is 17.7 Å². The molecule has 0 atom stereocenters. The van der Waals surface area contributed by atoms with Crippen LogP contribution in [0.4, 0.5) is 0 Å². The summed E-state index contributed by atoms with van der Waals surface area (Å²) >= 11 is 8.92. The van der Waals surface area contributed by atoms with Gasteiger partial charge in [0, 0.05) is 4.47 Å². The molecule has 0 heterocycles. The molecule has 1 rings (SSSR count). The van der Waals surface area contributed by atoms with Crippen LogP contribution in [0.15, 0.2) is 16.6 Å². The SMILES string of the molecule is Cc1ccc(Br)c(Cl)c1C(=O)O. The van der Waals surface area contributed by atoms with Crippen LogP contribution in [0, 0.1) is 6.92 Å². The lowest BCUT2D eigenvalue weighted by atomic mass is 10.1. The van der Waals surface area contributed by atoms with Crippen LogP contribution in [0.5, 0.6) is 0 Å². The number of carboxylic acid groups (broad SMARTS) is 1. The van der Waals surface area contributed by atoms with Crippen LogP contribution in [0.3, 0.4) is 0 Å². The van der Waals surface area contributed by atoms with Gasteiger partial charge >= 0.3 is 5.97 Å². The molecule has 0 bridgehead atoms. The number of benzene rings is 1. The van der Waals surface area contributed by atoms with Crippen molar-refractivity contribution in [3.8, 4) is 0 Å². The maximum Gasteiger partial charge on any atom is 0.337 e. The largest absolute Gasteiger partial charge is 0.478 e. The van der Waals surface area contributed by atoms with Gasteiger partial charge < -0.3 is 5.11 Å². The van der Waals surface area contributed by atoms with Gasteiger partial charge in [-0.3, -0.25) is 0 Å². The van der Waals surface area contributed by atoms with Gasteiger partial charge in [-0.2, -0.15) is 0 Å². The van der Waals surface area contributed by atoms with E-state index in [1.165, 1.54) is 0 Å². The molecule has 0 radical (unpaired) electrons. The third-order valence-corrected chi connectivity index (χ3v) is 2.80. The van der Waals surface area contributed by atoms with Crippen LogP contribution < -0.4 is 0 Å². The zero-order valence-electron chi connectivity index (χ0n) is 6.27. The Bertz CT molecular complexity index is 336. The highest BCUT2D eigenvalue weighted by molar-refractivity contribution is 9.10. The lowest BCUT2D eigenvalue weighted by Gasteiger charge is -2.04. The summed E-state index contributed by atoms with van der Waals surface area (Å²) in [6, 6.07) is 3.43. The van der Waals surface area contributed by atoms with E-state index in [-0.39, 0.29) is 10.6 Å². The second-order valence-corrected chi connectivity index (χ2v) is 3.59. The number of aromatic carboxylic acids is 1. The predicted octanol–water partition coefficient (Wildman–Crippen LogP) is 3.11. The molecule has 0 saturated carbocycles. The molecule has 0 saturated heterocycles. The third-order valence-electron chi connectivity index (χ3n) is 1.52. The van der Waals surface area contributed by atoms with Gasteiger partial charge in [-0.15, -0.1) is 0 Å². The lowest BCUT2D eigenvalue weighted by Crippen LogP contribution is -2.00. The van der Waals surface area contributed by atoms with Crippen LogP contribution in [0.1, 0.15) is 15.9 Å². The fourth-order valence-electron chi connectivity index (χ4n) is 0.910. The molecule has 0 aliphatic rings. The Kier molecular flexibility index (Phi) is 2.75. The average molecular weight is 249 g/mol. The summed E-state index contributed by atoms with van der Waals surface area (Å²) in [5.41, 5.74) is 0.821. The monoisotopic (exact) mass is 248 g/mol. The second kappa shape index (κ2) is 3.46. The predicted molar refractivity (Wildman–Crippen MR) is 50.8 cm³/mol. The van der Waals surface area contributed by atoms with Crippen LogP contribution in [0.2, 0.25) is 5.02 Å². The van der Waals surface area contributed by atoms with Crippen molar-refractivity contribution < 1.29 is 9.90 Å². The molecule has 12 heavy (non-hydrogen) atoms. The van der Waals surface area contributed by atoms with E-state index in [4.69, 9.17) is 16.7 Å². The Morgan fingerprint density at radius 2 is 2.17 bits per heavy atom. The molecular formula is C8H6BrClO2. The summed E-state index contributed by atoms with van der Waals surface area (Å²) in [5.74, 6) is -1.00. The first-order valence-corrected chi connectivity index (χ1v) is 4.39. The first kappa shape index (κ1) is 9.55. The standard InChI is InChI=1S/C8H6BrClO2/c1-4-2-3-5(9)7(10)6(4)8(11)12/h2-3H,1H3,(H,11,12). The topological polar surface area (TPSA) is 37.3 Å². The van der Waals surface area contributed by atoms with Crippen LogP contribution in [-0.2, 0) is 0 Å². The number of hydrogen-bond donors (Lipinski definition) is 1. The van der Waals surface area contributed by atoms with E-state index >= 15 is 0 Å². The Morgan fingerprint density at radius 1 is 1.58 bits per heavy atom. The molecule has 0 aliphatic carbocycles. The molecule has 1 aromatic rings. The number of hydrogen-bond acceptors (Lipinski definition) is 1. The van der Waals surface area contributed by atoms with E-state index in [9.17, 15) is 4.79 Å². The van der Waals surface area contributed by atoms with Crippen LogP contribution in [0.25, 0.3) is 0 Å². The van der Waals surface area contributed by atoms with Gasteiger partial charge in [0.1, 0.15) is 0 Å². The molecular weight excluding hydrogens is 243 g/mol. The summed E-state index contributed by atoms with van der Waals surface area (Å²) in [5, 5.41) is 9.02. The number of aryl methyl sites for hydroxylation is 1. The highest BCUT2D eigenvalue weighted by Crippen LogP contribution is 2.28. The van der Waals surface area contributed by atoms with E-state index in [2.05, 4.69) is 15.9 Å². The Hall–Kier alpha value is -0.540. The molecule has 0 aromatic heterocycles. The Labute approximate surface area is 83.3 Å². The minimum atomic E-state index is -1.00. The summed E-state index contributed by atoms with van der Waals surface area (Å²) < 4.78 is 0.604. The molecule has 64 valence electrons. The maximum atomic E-state index is 10.7. The summed E-state index contributed by atoms with van der Waals surface area (Å²) in [6.07, 6.45) is 0. The molecule has 0 unspecified atom stereocenters. The third kappa shape index (κ3) is 1.62. The highest BCUT2D eigenvalue weighted by atomic mass is 79.9. The fourth-order valence-corrected chi connectivity index (χ4v) is 1.53. The summed E-state index contributed by atoms with van der Waals surface area (Å²) in [6.45, 7) is 1.71. The van der Waals surface area contributed by atoms with Crippen molar-refractivity contribution >= 4 is 33.5 Å². The van der Waals surface area contributed by atoms with Crippen molar-refractivity contribution in [2.45, 2.75) is 6.92 Å². The average Bonchev–Trinajstić information content (AvgIpc) is 1.97. The number of carbonyl (C=O) groups is 1. The first-order valence-electron chi connectivity index (χ1n) is 3.22. The van der Waals surface area contributed by atoms with Gasteiger partial charge in [0.25, 0.3) is 0 Å². The first-order chi connectivity index (χ1) is 5.54. The quantitative estimate of drug-likeness (QED) is 0.830. The van der Waals surface area contributed by atoms with Gasteiger partial charge in [-0.25, -0.2) is 4.79 Å². The normalized spacial score (nSPS) is 9.92. The number of halogens is 2. The maximum absolute atomic E-state index is 10.7. The lowest BCUT2D eigenvalue weighted by molar-refractivity contribution is 0.0696. The van der Waals surface area contributed by atoms with Crippen molar-refractivity contribution in [1.29, 1.82) is 0 Å². The van der Waals surface area contributed by atoms with E-state index in [1.807, 2.05) is 0 Å². The van der Waals surface area contributed by atoms with Crippen molar-refractivity contribution in [2.75, 3.05) is 0 Å². The number of carboxylic acids is 1. The van der Waals surface area contributed by atoms with Crippen molar-refractivity contribution in [3.05, 3.63) is 32.8 Å². The number of rotatable bonds is 1. The zero-order chi connectivity index (χ0) is 9.30. The molecule has 0 amide bonds. The van der Waals surface area contributed by atoms with Gasteiger partial charge in [-0.05, 0) is 34.5 Å². The van der Waals surface area contributed by atoms with E-state index in [1.54, 1.807) is 19.1 Å². The molecule has 1 N–H and O–H groups in total. The molecule has 0 fully saturated rings. The zero-order valence-corrected chi connectivity index (χ0v) is 8.61. The Balaban J connectivity index is 3.43. The van der Waals surface area contributed by atoms with E-state index in [0.29, 0.717) is 10.0 Å². The van der Waals surface area contributed by atoms with Gasteiger partial charge in [0.05, 0.1) is 10.6 Å². The summed E-state index contributed by atoms with van der Waals surface area (Å²) in [4.78, 5) is 10.7. The van der Waals surface area contributed by atoms with Crippen molar-refractivity contribution in [1.82, 2.24) is 0 Å². The van der Waals surface area contributed by atoms with Gasteiger partial charge in [0.15, 0.2) is 0 Å². The minimum absolute atomic E-state index is 0.158. The molecule has 0 aliphatic heterocycles. The molecule has 2 nitrogen and oxygen atoms in total. The molecule has 4 heteroatoms.